The summed E-state index contributed by atoms with van der Waals surface area (Å²) in [5, 5.41) is 0. The Bertz CT molecular complexity index is 1230. The average Bonchev–Trinajstić information content (AvgIpc) is 3.31. The summed E-state index contributed by atoms with van der Waals surface area (Å²) in [6, 6.07) is 20.3. The molecule has 1 fully saturated rings. The SMILES string of the molecule is O=C1CC(c2nc3ccccc3n2Cc2ccccc2F)CN1c1ccc(F)cc1. The minimum absolute atomic E-state index is 0.0314. The first kappa shape index (κ1) is 18.5. The Morgan fingerprint density at radius 2 is 1.67 bits per heavy atom. The van der Waals surface area contributed by atoms with Gasteiger partial charge >= 0.3 is 0 Å². The summed E-state index contributed by atoms with van der Waals surface area (Å²) in [6.45, 7) is 0.787. The minimum atomic E-state index is -0.339. The molecule has 4 aromatic rings. The summed E-state index contributed by atoms with van der Waals surface area (Å²) in [5.41, 5.74) is 2.96. The number of hydrogen-bond acceptors (Lipinski definition) is 2. The second-order valence-electron chi connectivity index (χ2n) is 7.52. The van der Waals surface area contributed by atoms with Crippen LogP contribution in [0.25, 0.3) is 11.0 Å². The number of benzene rings is 3. The van der Waals surface area contributed by atoms with Crippen LogP contribution in [0.15, 0.2) is 72.8 Å². The van der Waals surface area contributed by atoms with Gasteiger partial charge in [-0.15, -0.1) is 0 Å². The van der Waals surface area contributed by atoms with Gasteiger partial charge in [0.2, 0.25) is 5.91 Å². The highest BCUT2D eigenvalue weighted by Crippen LogP contribution is 2.33. The average molecular weight is 403 g/mol. The number of carbonyl (C=O) groups is 1. The molecule has 4 nitrogen and oxygen atoms in total. The number of nitrogens with zero attached hydrogens (tertiary/aromatic N) is 3. The fraction of sp³-hybridized carbons (Fsp3) is 0.167. The van der Waals surface area contributed by atoms with Crippen molar-refractivity contribution in [3.05, 3.63) is 95.8 Å². The molecule has 6 heteroatoms. The van der Waals surface area contributed by atoms with Crippen molar-refractivity contribution in [1.82, 2.24) is 9.55 Å². The molecule has 1 saturated heterocycles. The van der Waals surface area contributed by atoms with Gasteiger partial charge in [0.1, 0.15) is 17.5 Å². The zero-order valence-electron chi connectivity index (χ0n) is 16.1. The highest BCUT2D eigenvalue weighted by Gasteiger charge is 2.35. The van der Waals surface area contributed by atoms with Crippen LogP contribution in [0.2, 0.25) is 0 Å². The lowest BCUT2D eigenvalue weighted by Gasteiger charge is -2.17. The standard InChI is InChI=1S/C24H19F2N3O/c25-18-9-11-19(12-10-18)28-15-17(13-23(28)30)24-27-21-7-3-4-8-22(21)29(24)14-16-5-1-2-6-20(16)26/h1-12,17H,13-15H2. The number of aromatic nitrogens is 2. The Morgan fingerprint density at radius 1 is 0.933 bits per heavy atom. The van der Waals surface area contributed by atoms with E-state index < -0.39 is 0 Å². The molecule has 3 aromatic carbocycles. The summed E-state index contributed by atoms with van der Waals surface area (Å²) in [6.07, 6.45) is 0.304. The topological polar surface area (TPSA) is 38.1 Å². The number of carbonyl (C=O) groups excluding carboxylic acids is 1. The molecule has 1 aromatic heterocycles. The molecule has 0 saturated carbocycles. The normalized spacial score (nSPS) is 16.5. The molecule has 30 heavy (non-hydrogen) atoms. The molecule has 1 aliphatic heterocycles. The summed E-state index contributed by atoms with van der Waals surface area (Å²) in [7, 11) is 0. The van der Waals surface area contributed by atoms with Gasteiger partial charge in [-0.2, -0.15) is 0 Å². The molecule has 1 amide bonds. The van der Waals surface area contributed by atoms with Crippen molar-refractivity contribution < 1.29 is 13.6 Å². The highest BCUT2D eigenvalue weighted by molar-refractivity contribution is 5.96. The van der Waals surface area contributed by atoms with Gasteiger partial charge in [-0.1, -0.05) is 30.3 Å². The Balaban J connectivity index is 1.53. The molecular weight excluding hydrogens is 384 g/mol. The number of amides is 1. The van der Waals surface area contributed by atoms with Crippen LogP contribution in [0.4, 0.5) is 14.5 Å². The van der Waals surface area contributed by atoms with E-state index in [1.165, 1.54) is 18.2 Å². The van der Waals surface area contributed by atoms with E-state index in [0.29, 0.717) is 30.8 Å². The van der Waals surface area contributed by atoms with Crippen molar-refractivity contribution in [2.75, 3.05) is 11.4 Å². The van der Waals surface area contributed by atoms with Gasteiger partial charge in [-0.3, -0.25) is 4.79 Å². The molecule has 1 aliphatic rings. The van der Waals surface area contributed by atoms with Gasteiger partial charge in [0.15, 0.2) is 0 Å². The van der Waals surface area contributed by atoms with E-state index in [4.69, 9.17) is 4.98 Å². The molecule has 5 rings (SSSR count). The summed E-state index contributed by atoms with van der Waals surface area (Å²) in [5.74, 6) is -0.0134. The van der Waals surface area contributed by atoms with E-state index in [1.807, 2.05) is 34.9 Å². The fourth-order valence-electron chi connectivity index (χ4n) is 4.12. The summed E-state index contributed by atoms with van der Waals surface area (Å²) in [4.78, 5) is 19.2. The Kier molecular flexibility index (Phi) is 4.54. The van der Waals surface area contributed by atoms with Crippen LogP contribution in [-0.4, -0.2) is 22.0 Å². The van der Waals surface area contributed by atoms with Crippen LogP contribution in [-0.2, 0) is 11.3 Å². The highest BCUT2D eigenvalue weighted by atomic mass is 19.1. The smallest absolute Gasteiger partial charge is 0.227 e. The third kappa shape index (κ3) is 3.24. The number of rotatable bonds is 4. The van der Waals surface area contributed by atoms with E-state index >= 15 is 0 Å². The van der Waals surface area contributed by atoms with Crippen LogP contribution in [0.1, 0.15) is 23.7 Å². The minimum Gasteiger partial charge on any atom is -0.323 e. The van der Waals surface area contributed by atoms with Crippen molar-refractivity contribution in [2.45, 2.75) is 18.9 Å². The van der Waals surface area contributed by atoms with Crippen LogP contribution in [0.5, 0.6) is 0 Å². The maximum atomic E-state index is 14.3. The van der Waals surface area contributed by atoms with Crippen LogP contribution >= 0.6 is 0 Å². The molecule has 150 valence electrons. The number of fused-ring (bicyclic) bond motifs is 1. The summed E-state index contributed by atoms with van der Waals surface area (Å²) < 4.78 is 29.6. The number of anilines is 1. The zero-order valence-corrected chi connectivity index (χ0v) is 16.1. The van der Waals surface area contributed by atoms with E-state index in [1.54, 1.807) is 29.2 Å². The third-order valence-electron chi connectivity index (χ3n) is 5.60. The number of hydrogen-bond donors (Lipinski definition) is 0. The second kappa shape index (κ2) is 7.37. The quantitative estimate of drug-likeness (QED) is 0.487. The van der Waals surface area contributed by atoms with Crippen molar-refractivity contribution in [2.24, 2.45) is 0 Å². The Hall–Kier alpha value is -3.54. The second-order valence-corrected chi connectivity index (χ2v) is 7.52. The molecule has 1 unspecified atom stereocenters. The van der Waals surface area contributed by atoms with Gasteiger partial charge in [0.25, 0.3) is 0 Å². The summed E-state index contributed by atoms with van der Waals surface area (Å²) >= 11 is 0. The maximum Gasteiger partial charge on any atom is 0.227 e. The van der Waals surface area contributed by atoms with Crippen LogP contribution in [0.3, 0.4) is 0 Å². The van der Waals surface area contributed by atoms with Crippen molar-refractivity contribution >= 4 is 22.6 Å². The lowest BCUT2D eigenvalue weighted by atomic mass is 10.1. The van der Waals surface area contributed by atoms with E-state index in [-0.39, 0.29) is 23.5 Å². The monoisotopic (exact) mass is 403 g/mol. The maximum absolute atomic E-state index is 14.3. The fourth-order valence-corrected chi connectivity index (χ4v) is 4.12. The molecule has 0 aliphatic carbocycles. The lowest BCUT2D eigenvalue weighted by Crippen LogP contribution is -2.24. The molecule has 1 atom stereocenters. The number of imidazole rings is 1. The van der Waals surface area contributed by atoms with Crippen molar-refractivity contribution in [3.8, 4) is 0 Å². The first-order valence-electron chi connectivity index (χ1n) is 9.84. The van der Waals surface area contributed by atoms with Crippen molar-refractivity contribution in [3.63, 3.8) is 0 Å². The molecule has 0 spiro atoms. The van der Waals surface area contributed by atoms with E-state index in [9.17, 15) is 13.6 Å². The van der Waals surface area contributed by atoms with Gasteiger partial charge < -0.3 is 9.47 Å². The van der Waals surface area contributed by atoms with Gasteiger partial charge in [0.05, 0.1) is 17.6 Å². The largest absolute Gasteiger partial charge is 0.323 e. The predicted molar refractivity (Wildman–Crippen MR) is 111 cm³/mol. The Labute approximate surface area is 172 Å². The molecular formula is C24H19F2N3O. The third-order valence-corrected chi connectivity index (χ3v) is 5.60. The lowest BCUT2D eigenvalue weighted by molar-refractivity contribution is -0.117. The van der Waals surface area contributed by atoms with E-state index in [2.05, 4.69) is 0 Å². The number of halogens is 2. The Morgan fingerprint density at radius 3 is 2.47 bits per heavy atom. The van der Waals surface area contributed by atoms with Crippen LogP contribution in [0, 0.1) is 11.6 Å². The van der Waals surface area contributed by atoms with Crippen LogP contribution < -0.4 is 4.90 Å². The van der Waals surface area contributed by atoms with E-state index in [0.717, 1.165) is 16.9 Å². The molecule has 0 bridgehead atoms. The molecule has 0 N–H and O–H groups in total. The van der Waals surface area contributed by atoms with Gasteiger partial charge in [0, 0.05) is 30.1 Å². The first-order valence-corrected chi connectivity index (χ1v) is 9.84. The molecule has 2 heterocycles. The zero-order chi connectivity index (χ0) is 20.7. The van der Waals surface area contributed by atoms with Gasteiger partial charge in [-0.05, 0) is 42.5 Å². The first-order chi connectivity index (χ1) is 14.6. The molecule has 0 radical (unpaired) electrons. The van der Waals surface area contributed by atoms with Crippen molar-refractivity contribution in [1.29, 1.82) is 0 Å². The van der Waals surface area contributed by atoms with Gasteiger partial charge in [-0.25, -0.2) is 13.8 Å². The predicted octanol–water partition coefficient (Wildman–Crippen LogP) is 4.88. The number of para-hydroxylation sites is 2.